The van der Waals surface area contributed by atoms with E-state index >= 15 is 0 Å². The van der Waals surface area contributed by atoms with Crippen molar-refractivity contribution in [2.24, 2.45) is 0 Å². The van der Waals surface area contributed by atoms with Gasteiger partial charge in [-0.3, -0.25) is 9.59 Å². The lowest BCUT2D eigenvalue weighted by Crippen LogP contribution is -2.39. The summed E-state index contributed by atoms with van der Waals surface area (Å²) in [7, 11) is 1.60. The van der Waals surface area contributed by atoms with Crippen LogP contribution in [0.1, 0.15) is 16.8 Å². The summed E-state index contributed by atoms with van der Waals surface area (Å²) in [6.07, 6.45) is 0.777. The topological polar surface area (TPSA) is 59.1 Å². The normalized spacial score (nSPS) is 15.2. The van der Waals surface area contributed by atoms with Crippen molar-refractivity contribution in [2.75, 3.05) is 53.1 Å². The van der Waals surface area contributed by atoms with Gasteiger partial charge in [0.2, 0.25) is 5.91 Å². The lowest BCUT2D eigenvalue weighted by molar-refractivity contribution is -0.136. The molecule has 1 aromatic rings. The SMILES string of the molecule is COCCOCC(=O)N1CCCN(C(=O)c2ccccc2I)CC1. The highest BCUT2D eigenvalue weighted by Crippen LogP contribution is 2.15. The van der Waals surface area contributed by atoms with E-state index in [9.17, 15) is 9.59 Å². The molecule has 0 bridgehead atoms. The number of ether oxygens (including phenoxy) is 2. The summed E-state index contributed by atoms with van der Waals surface area (Å²) in [5.74, 6) is 0.000312. The zero-order valence-electron chi connectivity index (χ0n) is 13.9. The first kappa shape index (κ1) is 19.1. The fourth-order valence-electron chi connectivity index (χ4n) is 2.57. The lowest BCUT2D eigenvalue weighted by Gasteiger charge is -2.22. The van der Waals surface area contributed by atoms with E-state index in [2.05, 4.69) is 22.6 Å². The lowest BCUT2D eigenvalue weighted by atomic mass is 10.2. The van der Waals surface area contributed by atoms with Gasteiger partial charge in [-0.25, -0.2) is 0 Å². The highest BCUT2D eigenvalue weighted by Gasteiger charge is 2.23. The summed E-state index contributed by atoms with van der Waals surface area (Å²) in [5.41, 5.74) is 0.723. The Hall–Kier alpha value is -1.19. The first-order valence-electron chi connectivity index (χ1n) is 8.01. The van der Waals surface area contributed by atoms with Gasteiger partial charge in [-0.05, 0) is 41.1 Å². The van der Waals surface area contributed by atoms with Crippen LogP contribution in [0.25, 0.3) is 0 Å². The summed E-state index contributed by atoms with van der Waals surface area (Å²) < 4.78 is 11.1. The first-order chi connectivity index (χ1) is 11.6. The maximum absolute atomic E-state index is 12.7. The average molecular weight is 446 g/mol. The summed E-state index contributed by atoms with van der Waals surface area (Å²) in [5, 5.41) is 0. The molecule has 1 fully saturated rings. The molecule has 0 aliphatic carbocycles. The number of carbonyl (C=O) groups excluding carboxylic acids is 2. The molecular weight excluding hydrogens is 423 g/mol. The summed E-state index contributed by atoms with van der Waals surface area (Å²) in [4.78, 5) is 28.4. The summed E-state index contributed by atoms with van der Waals surface area (Å²) in [6, 6.07) is 7.58. The van der Waals surface area contributed by atoms with E-state index in [1.165, 1.54) is 0 Å². The van der Waals surface area contributed by atoms with Gasteiger partial charge in [0.05, 0.1) is 18.8 Å². The van der Waals surface area contributed by atoms with E-state index < -0.39 is 0 Å². The minimum absolute atomic E-state index is 0.0327. The number of hydrogen-bond donors (Lipinski definition) is 0. The predicted molar refractivity (Wildman–Crippen MR) is 99.0 cm³/mol. The number of benzene rings is 1. The van der Waals surface area contributed by atoms with Gasteiger partial charge >= 0.3 is 0 Å². The van der Waals surface area contributed by atoms with Crippen LogP contribution >= 0.6 is 22.6 Å². The molecule has 1 aliphatic heterocycles. The van der Waals surface area contributed by atoms with Crippen molar-refractivity contribution >= 4 is 34.4 Å². The minimum Gasteiger partial charge on any atom is -0.382 e. The Morgan fingerprint density at radius 1 is 1.08 bits per heavy atom. The van der Waals surface area contributed by atoms with Crippen molar-refractivity contribution in [1.29, 1.82) is 0 Å². The van der Waals surface area contributed by atoms with Crippen LogP contribution in [0.2, 0.25) is 0 Å². The van der Waals surface area contributed by atoms with Crippen LogP contribution in [0.5, 0.6) is 0 Å². The quantitative estimate of drug-likeness (QED) is 0.493. The van der Waals surface area contributed by atoms with Gasteiger partial charge < -0.3 is 19.3 Å². The summed E-state index contributed by atoms with van der Waals surface area (Å²) in [6.45, 7) is 3.36. The Bertz CT molecular complexity index is 567. The Morgan fingerprint density at radius 3 is 2.54 bits per heavy atom. The van der Waals surface area contributed by atoms with Crippen molar-refractivity contribution in [1.82, 2.24) is 9.80 Å². The van der Waals surface area contributed by atoms with E-state index in [1.54, 1.807) is 12.0 Å². The Morgan fingerprint density at radius 2 is 1.79 bits per heavy atom. The van der Waals surface area contributed by atoms with Gasteiger partial charge in [0.15, 0.2) is 0 Å². The number of amides is 2. The maximum Gasteiger partial charge on any atom is 0.254 e. The van der Waals surface area contributed by atoms with Crippen LogP contribution in [0.3, 0.4) is 0 Å². The predicted octanol–water partition coefficient (Wildman–Crippen LogP) is 1.63. The largest absolute Gasteiger partial charge is 0.382 e. The van der Waals surface area contributed by atoms with Crippen molar-refractivity contribution in [3.63, 3.8) is 0 Å². The first-order valence-corrected chi connectivity index (χ1v) is 9.09. The fraction of sp³-hybridized carbons (Fsp3) is 0.529. The van der Waals surface area contributed by atoms with Crippen LogP contribution in [-0.4, -0.2) is 74.7 Å². The number of hydrogen-bond acceptors (Lipinski definition) is 4. The van der Waals surface area contributed by atoms with Gasteiger partial charge in [0, 0.05) is 36.9 Å². The third kappa shape index (κ3) is 5.42. The van der Waals surface area contributed by atoms with E-state index in [0.29, 0.717) is 39.4 Å². The Labute approximate surface area is 156 Å². The van der Waals surface area contributed by atoms with Crippen LogP contribution in [0.4, 0.5) is 0 Å². The molecule has 132 valence electrons. The molecule has 1 aliphatic rings. The van der Waals surface area contributed by atoms with Crippen LogP contribution in [-0.2, 0) is 14.3 Å². The fourth-order valence-corrected chi connectivity index (χ4v) is 3.19. The van der Waals surface area contributed by atoms with Gasteiger partial charge in [0.1, 0.15) is 6.61 Å². The number of halogens is 1. The number of carbonyl (C=O) groups is 2. The summed E-state index contributed by atoms with van der Waals surface area (Å²) >= 11 is 2.18. The molecule has 1 saturated heterocycles. The highest BCUT2D eigenvalue weighted by atomic mass is 127. The highest BCUT2D eigenvalue weighted by molar-refractivity contribution is 14.1. The standard InChI is InChI=1S/C17H23IN2O4/c1-23-11-12-24-13-16(21)19-7-4-8-20(10-9-19)17(22)14-5-2-3-6-15(14)18/h2-3,5-6H,4,7-13H2,1H3. The second-order valence-electron chi connectivity index (χ2n) is 5.55. The molecule has 7 heteroatoms. The molecule has 0 saturated carbocycles. The van der Waals surface area contributed by atoms with E-state index in [1.807, 2.05) is 29.2 Å². The van der Waals surface area contributed by atoms with Crippen molar-refractivity contribution in [3.05, 3.63) is 33.4 Å². The molecule has 0 N–H and O–H groups in total. The molecule has 0 spiro atoms. The number of methoxy groups -OCH3 is 1. The molecule has 0 radical (unpaired) electrons. The molecule has 1 aromatic carbocycles. The smallest absolute Gasteiger partial charge is 0.254 e. The Balaban J connectivity index is 1.87. The zero-order chi connectivity index (χ0) is 17.4. The zero-order valence-corrected chi connectivity index (χ0v) is 16.0. The van der Waals surface area contributed by atoms with Crippen molar-refractivity contribution in [2.45, 2.75) is 6.42 Å². The van der Waals surface area contributed by atoms with Crippen LogP contribution in [0.15, 0.2) is 24.3 Å². The van der Waals surface area contributed by atoms with Gasteiger partial charge in [-0.15, -0.1) is 0 Å². The molecule has 2 amide bonds. The molecule has 0 atom stereocenters. The maximum atomic E-state index is 12.7. The monoisotopic (exact) mass is 446 g/mol. The number of nitrogens with zero attached hydrogens (tertiary/aromatic N) is 2. The minimum atomic E-state index is -0.0327. The molecule has 1 heterocycles. The molecule has 24 heavy (non-hydrogen) atoms. The molecule has 2 rings (SSSR count). The molecular formula is C17H23IN2O4. The van der Waals surface area contributed by atoms with E-state index in [0.717, 1.165) is 15.6 Å². The van der Waals surface area contributed by atoms with E-state index in [4.69, 9.17) is 9.47 Å². The van der Waals surface area contributed by atoms with Crippen LogP contribution in [0, 0.1) is 3.57 Å². The Kier molecular flexibility index (Phi) is 7.93. The van der Waals surface area contributed by atoms with Crippen molar-refractivity contribution < 1.29 is 19.1 Å². The number of rotatable bonds is 6. The average Bonchev–Trinajstić information content (AvgIpc) is 2.84. The molecule has 0 aromatic heterocycles. The third-order valence-electron chi connectivity index (χ3n) is 3.90. The van der Waals surface area contributed by atoms with Crippen molar-refractivity contribution in [3.8, 4) is 0 Å². The molecule has 6 nitrogen and oxygen atoms in total. The second-order valence-corrected chi connectivity index (χ2v) is 6.71. The second kappa shape index (κ2) is 9.95. The van der Waals surface area contributed by atoms with Gasteiger partial charge in [-0.2, -0.15) is 0 Å². The van der Waals surface area contributed by atoms with Gasteiger partial charge in [-0.1, -0.05) is 12.1 Å². The van der Waals surface area contributed by atoms with Crippen LogP contribution < -0.4 is 0 Å². The van der Waals surface area contributed by atoms with Gasteiger partial charge in [0.25, 0.3) is 5.91 Å². The third-order valence-corrected chi connectivity index (χ3v) is 4.84. The van der Waals surface area contributed by atoms with E-state index in [-0.39, 0.29) is 18.4 Å². The molecule has 0 unspecified atom stereocenters.